The normalized spacial score (nSPS) is 14.1. The van der Waals surface area contributed by atoms with Crippen LogP contribution in [0.25, 0.3) is 17.4 Å². The molecule has 0 saturated heterocycles. The van der Waals surface area contributed by atoms with Crippen LogP contribution in [-0.2, 0) is 45.2 Å². The molecule has 0 bridgehead atoms. The third-order valence-corrected chi connectivity index (χ3v) is 9.11. The molecule has 2 aliphatic carbocycles. The summed E-state index contributed by atoms with van der Waals surface area (Å²) in [6, 6.07) is 4.27. The van der Waals surface area contributed by atoms with Gasteiger partial charge in [-0.05, 0) is 86.6 Å². The molecule has 0 atom stereocenters. The number of nitrogens with zero attached hydrogens (tertiary/aromatic N) is 10. The summed E-state index contributed by atoms with van der Waals surface area (Å²) in [7, 11) is 0. The van der Waals surface area contributed by atoms with E-state index >= 15 is 0 Å². The first-order valence-corrected chi connectivity index (χ1v) is 18.2. The Bertz CT molecular complexity index is 2310. The van der Waals surface area contributed by atoms with Crippen molar-refractivity contribution in [2.75, 3.05) is 13.2 Å². The lowest BCUT2D eigenvalue weighted by molar-refractivity contribution is -0.143. The standard InChI is InChI=1S/2C19H21N5O3/c2*1-2-27-18(26)6-5-14-7-15(13-3-4-13)8-23-9-16(20-19(14)23)10-24-11-17(12-25)21-22-24/h7-9,11-13H,2-6,10H2,1H3;5-9,11,13,25H,2-4,10,12H2,1H3/b;6-5+. The van der Waals surface area contributed by atoms with Crippen molar-refractivity contribution in [3.05, 3.63) is 100 Å². The van der Waals surface area contributed by atoms with Crippen molar-refractivity contribution < 1.29 is 29.0 Å². The highest BCUT2D eigenvalue weighted by molar-refractivity contribution is 5.88. The maximum absolute atomic E-state index is 11.8. The fourth-order valence-electron chi connectivity index (χ4n) is 6.26. The van der Waals surface area contributed by atoms with Gasteiger partial charge >= 0.3 is 11.9 Å². The third-order valence-electron chi connectivity index (χ3n) is 9.11. The van der Waals surface area contributed by atoms with Gasteiger partial charge in [0.2, 0.25) is 0 Å². The number of aldehydes is 1. The van der Waals surface area contributed by atoms with Gasteiger partial charge in [0.15, 0.2) is 6.29 Å². The van der Waals surface area contributed by atoms with Gasteiger partial charge in [-0.3, -0.25) is 9.59 Å². The van der Waals surface area contributed by atoms with Crippen molar-refractivity contribution in [1.82, 2.24) is 48.8 Å². The Balaban J connectivity index is 0.000000167. The van der Waals surface area contributed by atoms with Gasteiger partial charge < -0.3 is 23.4 Å². The molecule has 6 heterocycles. The fraction of sp³-hybridized carbons (Fsp3) is 0.395. The summed E-state index contributed by atoms with van der Waals surface area (Å²) in [4.78, 5) is 43.6. The summed E-state index contributed by atoms with van der Waals surface area (Å²) in [6.07, 6.45) is 21.0. The van der Waals surface area contributed by atoms with Gasteiger partial charge in [0.25, 0.3) is 0 Å². The highest BCUT2D eigenvalue weighted by Crippen LogP contribution is 2.41. The molecule has 1 N–H and O–H groups in total. The molecule has 2 fully saturated rings. The Hall–Kier alpha value is -6.03. The summed E-state index contributed by atoms with van der Waals surface area (Å²) in [6.45, 7) is 5.08. The van der Waals surface area contributed by atoms with Crippen LogP contribution in [0.5, 0.6) is 0 Å². The van der Waals surface area contributed by atoms with Gasteiger partial charge in [-0.15, -0.1) is 10.2 Å². The molecule has 280 valence electrons. The highest BCUT2D eigenvalue weighted by atomic mass is 16.5. The number of fused-ring (bicyclic) bond motifs is 2. The lowest BCUT2D eigenvalue weighted by Gasteiger charge is -2.07. The number of aromatic nitrogens is 10. The van der Waals surface area contributed by atoms with E-state index in [0.29, 0.717) is 68.7 Å². The predicted molar refractivity (Wildman–Crippen MR) is 195 cm³/mol. The van der Waals surface area contributed by atoms with E-state index in [1.165, 1.54) is 42.9 Å². The van der Waals surface area contributed by atoms with Crippen molar-refractivity contribution in [3.63, 3.8) is 0 Å². The first kappa shape index (κ1) is 36.3. The average molecular weight is 735 g/mol. The van der Waals surface area contributed by atoms with Gasteiger partial charge in [0.1, 0.15) is 22.7 Å². The zero-order chi connectivity index (χ0) is 37.6. The van der Waals surface area contributed by atoms with Crippen LogP contribution in [0.15, 0.2) is 55.4 Å². The number of pyridine rings is 2. The average Bonchev–Trinajstić information content (AvgIpc) is 4.01. The zero-order valence-electron chi connectivity index (χ0n) is 30.2. The Morgan fingerprint density at radius 1 is 0.796 bits per heavy atom. The third kappa shape index (κ3) is 8.94. The lowest BCUT2D eigenvalue weighted by Crippen LogP contribution is -2.06. The zero-order valence-corrected chi connectivity index (χ0v) is 30.2. The quantitative estimate of drug-likeness (QED) is 0.0907. The molecule has 6 aromatic rings. The molecule has 54 heavy (non-hydrogen) atoms. The van der Waals surface area contributed by atoms with Crippen molar-refractivity contribution >= 4 is 35.6 Å². The Morgan fingerprint density at radius 2 is 1.43 bits per heavy atom. The van der Waals surface area contributed by atoms with Crippen LogP contribution >= 0.6 is 0 Å². The molecule has 0 amide bonds. The van der Waals surface area contributed by atoms with Crippen LogP contribution in [-0.4, -0.2) is 85.3 Å². The summed E-state index contributed by atoms with van der Waals surface area (Å²) in [5, 5.41) is 24.7. The first-order chi connectivity index (χ1) is 26.3. The summed E-state index contributed by atoms with van der Waals surface area (Å²) < 4.78 is 17.3. The number of aliphatic hydroxyl groups excluding tert-OH is 1. The maximum Gasteiger partial charge on any atom is 0.330 e. The highest BCUT2D eigenvalue weighted by Gasteiger charge is 2.26. The van der Waals surface area contributed by atoms with E-state index in [2.05, 4.69) is 45.2 Å². The second kappa shape index (κ2) is 16.3. The molecule has 16 nitrogen and oxygen atoms in total. The molecule has 0 radical (unpaired) electrons. The van der Waals surface area contributed by atoms with E-state index in [1.807, 2.05) is 28.1 Å². The van der Waals surface area contributed by atoms with Crippen LogP contribution in [0.3, 0.4) is 0 Å². The van der Waals surface area contributed by atoms with Gasteiger partial charge in [-0.25, -0.2) is 24.1 Å². The first-order valence-electron chi connectivity index (χ1n) is 18.2. The number of carbonyl (C=O) groups excluding carboxylic acids is 3. The van der Waals surface area contributed by atoms with Crippen LogP contribution < -0.4 is 0 Å². The molecular formula is C38H42N10O6. The van der Waals surface area contributed by atoms with E-state index in [9.17, 15) is 14.4 Å². The SMILES string of the molecule is CCOC(=O)/C=C/c1cc(C2CC2)cn2cc(Cn3cc(CO)nn3)nc12.CCOC(=O)CCc1cc(C2CC2)cn2cc(Cn3cc(C=O)nn3)nc12. The molecule has 0 unspecified atom stereocenters. The van der Waals surface area contributed by atoms with E-state index in [1.54, 1.807) is 34.8 Å². The van der Waals surface area contributed by atoms with Crippen molar-refractivity contribution in [3.8, 4) is 0 Å². The predicted octanol–water partition coefficient (Wildman–Crippen LogP) is 4.08. The van der Waals surface area contributed by atoms with E-state index < -0.39 is 0 Å². The second-order valence-electron chi connectivity index (χ2n) is 13.4. The number of hydrogen-bond donors (Lipinski definition) is 1. The second-order valence-corrected chi connectivity index (χ2v) is 13.4. The topological polar surface area (TPSA) is 186 Å². The number of aryl methyl sites for hydroxylation is 1. The van der Waals surface area contributed by atoms with Gasteiger partial charge in [0.05, 0.1) is 56.7 Å². The molecule has 0 spiro atoms. The summed E-state index contributed by atoms with van der Waals surface area (Å²) in [5.41, 5.74) is 8.54. The Kier molecular flexibility index (Phi) is 11.0. The van der Waals surface area contributed by atoms with Gasteiger partial charge in [0, 0.05) is 42.8 Å². The van der Waals surface area contributed by atoms with Gasteiger partial charge in [-0.2, -0.15) is 0 Å². The van der Waals surface area contributed by atoms with Gasteiger partial charge in [-0.1, -0.05) is 16.5 Å². The number of imidazole rings is 2. The van der Waals surface area contributed by atoms with E-state index in [-0.39, 0.29) is 18.5 Å². The maximum atomic E-state index is 11.8. The largest absolute Gasteiger partial charge is 0.466 e. The molecule has 0 aliphatic heterocycles. The Labute approximate surface area is 310 Å². The number of esters is 2. The molecule has 0 aromatic carbocycles. The molecule has 2 aliphatic rings. The minimum absolute atomic E-state index is 0.140. The smallest absolute Gasteiger partial charge is 0.330 e. The fourth-order valence-corrected chi connectivity index (χ4v) is 6.26. The number of ether oxygens (including phenoxy) is 2. The monoisotopic (exact) mass is 734 g/mol. The van der Waals surface area contributed by atoms with E-state index in [4.69, 9.17) is 24.5 Å². The van der Waals surface area contributed by atoms with Crippen molar-refractivity contribution in [2.45, 2.75) is 83.9 Å². The van der Waals surface area contributed by atoms with Crippen LogP contribution in [0.2, 0.25) is 0 Å². The van der Waals surface area contributed by atoms with Crippen molar-refractivity contribution in [1.29, 1.82) is 0 Å². The number of rotatable bonds is 15. The molecule has 2 saturated carbocycles. The Morgan fingerprint density at radius 3 is 2.04 bits per heavy atom. The van der Waals surface area contributed by atoms with Crippen LogP contribution in [0.1, 0.15) is 108 Å². The summed E-state index contributed by atoms with van der Waals surface area (Å²) in [5.74, 6) is 0.631. The molecule has 16 heteroatoms. The molecule has 6 aromatic heterocycles. The van der Waals surface area contributed by atoms with E-state index in [0.717, 1.165) is 33.8 Å². The number of aliphatic hydroxyl groups is 1. The summed E-state index contributed by atoms with van der Waals surface area (Å²) >= 11 is 0. The van der Waals surface area contributed by atoms with Crippen molar-refractivity contribution in [2.24, 2.45) is 0 Å². The number of carbonyl (C=O) groups is 3. The lowest BCUT2D eigenvalue weighted by atomic mass is 10.1. The van der Waals surface area contributed by atoms with Crippen LogP contribution in [0, 0.1) is 0 Å². The number of hydrogen-bond acceptors (Lipinski definition) is 12. The minimum Gasteiger partial charge on any atom is -0.466 e. The minimum atomic E-state index is -0.363. The molecule has 8 rings (SSSR count). The molecular weight excluding hydrogens is 692 g/mol. The van der Waals surface area contributed by atoms with Crippen LogP contribution in [0.4, 0.5) is 0 Å².